The third kappa shape index (κ3) is 4.57. The standard InChI is InChI=1S/C18H27NO2/c1-13(2)17(15-6-4-3-5-7-15)19-12-14-8-10-16(11-9-14)18(20)21/h3-7,13-14,16-17,19H,8-12H2,1-2H3,(H,20,21). The van der Waals surface area contributed by atoms with Crippen LogP contribution in [0.1, 0.15) is 51.1 Å². The van der Waals surface area contributed by atoms with Crippen molar-refractivity contribution in [3.8, 4) is 0 Å². The molecule has 0 bridgehead atoms. The number of carbonyl (C=O) groups is 1. The Bertz CT molecular complexity index is 436. The molecular formula is C18H27NO2. The first kappa shape index (κ1) is 16.0. The second-order valence-electron chi connectivity index (χ2n) is 6.60. The minimum atomic E-state index is -0.620. The van der Waals surface area contributed by atoms with Crippen molar-refractivity contribution in [3.05, 3.63) is 35.9 Å². The van der Waals surface area contributed by atoms with Crippen LogP contribution in [0.3, 0.4) is 0 Å². The van der Waals surface area contributed by atoms with Crippen molar-refractivity contribution >= 4 is 5.97 Å². The highest BCUT2D eigenvalue weighted by Crippen LogP contribution is 2.29. The molecule has 0 radical (unpaired) electrons. The van der Waals surface area contributed by atoms with E-state index in [1.165, 1.54) is 5.56 Å². The lowest BCUT2D eigenvalue weighted by Crippen LogP contribution is -2.33. The van der Waals surface area contributed by atoms with Gasteiger partial charge in [0.25, 0.3) is 0 Å². The maximum Gasteiger partial charge on any atom is 0.306 e. The number of carboxylic acid groups (broad SMARTS) is 1. The van der Waals surface area contributed by atoms with E-state index < -0.39 is 5.97 Å². The van der Waals surface area contributed by atoms with Crippen LogP contribution in [0.5, 0.6) is 0 Å². The summed E-state index contributed by atoms with van der Waals surface area (Å²) in [5.74, 6) is 0.426. The van der Waals surface area contributed by atoms with Crippen LogP contribution < -0.4 is 5.32 Å². The van der Waals surface area contributed by atoms with Crippen molar-refractivity contribution in [2.24, 2.45) is 17.8 Å². The minimum Gasteiger partial charge on any atom is -0.481 e. The van der Waals surface area contributed by atoms with Crippen molar-refractivity contribution in [1.82, 2.24) is 5.32 Å². The van der Waals surface area contributed by atoms with Gasteiger partial charge in [-0.3, -0.25) is 4.79 Å². The van der Waals surface area contributed by atoms with E-state index in [1.54, 1.807) is 0 Å². The molecule has 1 saturated carbocycles. The lowest BCUT2D eigenvalue weighted by atomic mass is 9.81. The molecule has 1 aliphatic carbocycles. The zero-order valence-corrected chi connectivity index (χ0v) is 13.1. The molecule has 0 heterocycles. The number of aliphatic carboxylic acids is 1. The number of nitrogens with one attached hydrogen (secondary N) is 1. The Morgan fingerprint density at radius 1 is 1.19 bits per heavy atom. The van der Waals surface area contributed by atoms with Gasteiger partial charge < -0.3 is 10.4 Å². The van der Waals surface area contributed by atoms with Crippen molar-refractivity contribution in [1.29, 1.82) is 0 Å². The van der Waals surface area contributed by atoms with Gasteiger partial charge in [-0.2, -0.15) is 0 Å². The first-order valence-corrected chi connectivity index (χ1v) is 8.09. The molecule has 3 heteroatoms. The zero-order valence-electron chi connectivity index (χ0n) is 13.1. The van der Waals surface area contributed by atoms with Crippen molar-refractivity contribution in [2.45, 2.75) is 45.6 Å². The van der Waals surface area contributed by atoms with E-state index in [9.17, 15) is 4.79 Å². The third-order valence-electron chi connectivity index (χ3n) is 4.65. The predicted molar refractivity (Wildman–Crippen MR) is 85.1 cm³/mol. The molecule has 0 saturated heterocycles. The van der Waals surface area contributed by atoms with E-state index in [0.29, 0.717) is 17.9 Å². The summed E-state index contributed by atoms with van der Waals surface area (Å²) in [6, 6.07) is 11.0. The maximum atomic E-state index is 11.0. The molecule has 3 nitrogen and oxygen atoms in total. The molecular weight excluding hydrogens is 262 g/mol. The van der Waals surface area contributed by atoms with Crippen LogP contribution >= 0.6 is 0 Å². The Morgan fingerprint density at radius 3 is 2.33 bits per heavy atom. The minimum absolute atomic E-state index is 0.115. The highest BCUT2D eigenvalue weighted by atomic mass is 16.4. The Labute approximate surface area is 127 Å². The fourth-order valence-electron chi connectivity index (χ4n) is 3.31. The summed E-state index contributed by atoms with van der Waals surface area (Å²) in [4.78, 5) is 11.0. The fraction of sp³-hybridized carbons (Fsp3) is 0.611. The summed E-state index contributed by atoms with van der Waals surface area (Å²) in [7, 11) is 0. The first-order valence-electron chi connectivity index (χ1n) is 8.09. The Balaban J connectivity index is 1.85. The van der Waals surface area contributed by atoms with E-state index in [-0.39, 0.29) is 5.92 Å². The monoisotopic (exact) mass is 289 g/mol. The van der Waals surface area contributed by atoms with E-state index in [1.807, 2.05) is 6.07 Å². The molecule has 1 unspecified atom stereocenters. The average Bonchev–Trinajstić information content (AvgIpc) is 2.48. The van der Waals surface area contributed by atoms with Gasteiger partial charge in [0.05, 0.1) is 5.92 Å². The predicted octanol–water partition coefficient (Wildman–Crippen LogP) is 3.86. The van der Waals surface area contributed by atoms with Gasteiger partial charge in [-0.25, -0.2) is 0 Å². The van der Waals surface area contributed by atoms with Gasteiger partial charge in [-0.1, -0.05) is 44.2 Å². The summed E-state index contributed by atoms with van der Waals surface area (Å²) >= 11 is 0. The topological polar surface area (TPSA) is 49.3 Å². The van der Waals surface area contributed by atoms with Gasteiger partial charge in [0.15, 0.2) is 0 Å². The molecule has 1 aromatic carbocycles. The number of hydrogen-bond donors (Lipinski definition) is 2. The van der Waals surface area contributed by atoms with Crippen LogP contribution in [0.15, 0.2) is 30.3 Å². The number of hydrogen-bond acceptors (Lipinski definition) is 2. The van der Waals surface area contributed by atoms with Crippen LogP contribution in [0.4, 0.5) is 0 Å². The molecule has 116 valence electrons. The summed E-state index contributed by atoms with van der Waals surface area (Å²) in [5, 5.41) is 12.8. The van der Waals surface area contributed by atoms with Gasteiger partial charge >= 0.3 is 5.97 Å². The number of carboxylic acids is 1. The largest absolute Gasteiger partial charge is 0.481 e. The van der Waals surface area contributed by atoms with Crippen molar-refractivity contribution < 1.29 is 9.90 Å². The Kier molecular flexibility index (Phi) is 5.80. The molecule has 1 aliphatic rings. The molecule has 0 spiro atoms. The highest BCUT2D eigenvalue weighted by molar-refractivity contribution is 5.69. The molecule has 0 aromatic heterocycles. The molecule has 2 N–H and O–H groups in total. The molecule has 21 heavy (non-hydrogen) atoms. The van der Waals surface area contributed by atoms with Gasteiger partial charge in [0.1, 0.15) is 0 Å². The summed E-state index contributed by atoms with van der Waals surface area (Å²) in [6.45, 7) is 5.47. The maximum absolute atomic E-state index is 11.0. The van der Waals surface area contributed by atoms with Gasteiger partial charge in [0.2, 0.25) is 0 Å². The molecule has 1 fully saturated rings. The average molecular weight is 289 g/mol. The Hall–Kier alpha value is -1.35. The van der Waals surface area contributed by atoms with Gasteiger partial charge in [-0.15, -0.1) is 0 Å². The van der Waals surface area contributed by atoms with Crippen LogP contribution in [0.25, 0.3) is 0 Å². The van der Waals surface area contributed by atoms with E-state index in [0.717, 1.165) is 32.2 Å². The van der Waals surface area contributed by atoms with E-state index in [4.69, 9.17) is 5.11 Å². The highest BCUT2D eigenvalue weighted by Gasteiger charge is 2.26. The van der Waals surface area contributed by atoms with Gasteiger partial charge in [-0.05, 0) is 49.6 Å². The molecule has 0 aliphatic heterocycles. The quantitative estimate of drug-likeness (QED) is 0.836. The second kappa shape index (κ2) is 7.60. The summed E-state index contributed by atoms with van der Waals surface area (Å²) in [5.41, 5.74) is 1.34. The zero-order chi connectivity index (χ0) is 15.2. The second-order valence-corrected chi connectivity index (χ2v) is 6.60. The van der Waals surface area contributed by atoms with Crippen LogP contribution in [0, 0.1) is 17.8 Å². The van der Waals surface area contributed by atoms with E-state index in [2.05, 4.69) is 43.4 Å². The summed E-state index contributed by atoms with van der Waals surface area (Å²) in [6.07, 6.45) is 3.73. The van der Waals surface area contributed by atoms with Crippen molar-refractivity contribution in [3.63, 3.8) is 0 Å². The summed E-state index contributed by atoms with van der Waals surface area (Å²) < 4.78 is 0. The SMILES string of the molecule is CC(C)C(NCC1CCC(C(=O)O)CC1)c1ccccc1. The molecule has 0 amide bonds. The first-order chi connectivity index (χ1) is 10.1. The van der Waals surface area contributed by atoms with Crippen LogP contribution in [0.2, 0.25) is 0 Å². The number of benzene rings is 1. The third-order valence-corrected chi connectivity index (χ3v) is 4.65. The van der Waals surface area contributed by atoms with Crippen molar-refractivity contribution in [2.75, 3.05) is 6.54 Å². The lowest BCUT2D eigenvalue weighted by Gasteiger charge is -2.30. The number of rotatable bonds is 6. The molecule has 1 aromatic rings. The van der Waals surface area contributed by atoms with E-state index >= 15 is 0 Å². The fourth-order valence-corrected chi connectivity index (χ4v) is 3.31. The normalized spacial score (nSPS) is 24.0. The van der Waals surface area contributed by atoms with Crippen LogP contribution in [-0.4, -0.2) is 17.6 Å². The van der Waals surface area contributed by atoms with Gasteiger partial charge in [0, 0.05) is 6.04 Å². The smallest absolute Gasteiger partial charge is 0.306 e. The Morgan fingerprint density at radius 2 is 1.81 bits per heavy atom. The molecule has 1 atom stereocenters. The lowest BCUT2D eigenvalue weighted by molar-refractivity contribution is -0.143. The van der Waals surface area contributed by atoms with Crippen LogP contribution in [-0.2, 0) is 4.79 Å². The molecule has 2 rings (SSSR count).